The van der Waals surface area contributed by atoms with Crippen LogP contribution in [0.4, 0.5) is 5.69 Å². The highest BCUT2D eigenvalue weighted by molar-refractivity contribution is 6.22. The van der Waals surface area contributed by atoms with Crippen molar-refractivity contribution in [2.24, 2.45) is 0 Å². The molecule has 0 saturated heterocycles. The van der Waals surface area contributed by atoms with E-state index in [0.717, 1.165) is 6.42 Å². The minimum atomic E-state index is 0.220. The van der Waals surface area contributed by atoms with E-state index >= 15 is 0 Å². The molecule has 1 atom stereocenters. The molecular formula is C44H35N. The monoisotopic (exact) mass is 577 g/mol. The molecule has 0 N–H and O–H groups in total. The molecule has 0 saturated carbocycles. The molecule has 8 rings (SSSR count). The van der Waals surface area contributed by atoms with Crippen LogP contribution in [0.25, 0.3) is 49.5 Å². The van der Waals surface area contributed by atoms with Crippen LogP contribution < -0.4 is 4.90 Å². The Bertz CT molecular complexity index is 2190. The minimum Gasteiger partial charge on any atom is -0.333 e. The normalized spacial score (nSPS) is 14.7. The number of nitrogens with zero attached hydrogens (tertiary/aromatic N) is 1. The van der Waals surface area contributed by atoms with E-state index in [2.05, 4.69) is 176 Å². The SMILES string of the molecule is Cc1ccc(-c2c3ccccc3c(-c3ccccc3)c3ccc(N4C(c5ccccc5)=CCC4c4ccccc4)cc23)cc1C. The Morgan fingerprint density at radius 1 is 0.467 bits per heavy atom. The van der Waals surface area contributed by atoms with Crippen molar-refractivity contribution in [3.8, 4) is 22.3 Å². The summed E-state index contributed by atoms with van der Waals surface area (Å²) in [4.78, 5) is 2.56. The van der Waals surface area contributed by atoms with Gasteiger partial charge in [0.25, 0.3) is 0 Å². The average Bonchev–Trinajstić information content (AvgIpc) is 3.55. The van der Waals surface area contributed by atoms with Crippen molar-refractivity contribution in [3.05, 3.63) is 180 Å². The summed E-state index contributed by atoms with van der Waals surface area (Å²) in [6.07, 6.45) is 3.38. The summed E-state index contributed by atoms with van der Waals surface area (Å²) in [6.45, 7) is 4.42. The molecule has 0 aliphatic carbocycles. The summed E-state index contributed by atoms with van der Waals surface area (Å²) in [6, 6.07) is 55.9. The maximum absolute atomic E-state index is 2.56. The van der Waals surface area contributed by atoms with Gasteiger partial charge in [0.2, 0.25) is 0 Å². The molecule has 0 aromatic heterocycles. The Labute approximate surface area is 265 Å². The Morgan fingerprint density at radius 3 is 1.71 bits per heavy atom. The summed E-state index contributed by atoms with van der Waals surface area (Å²) >= 11 is 0. The molecule has 45 heavy (non-hydrogen) atoms. The standard InChI is InChI=1S/C44H35N/c1-30-22-23-35(28-31(30)2)44-38-21-13-12-20-37(38)43(34-18-10-5-11-19-34)39-25-24-36(29-40(39)44)45-41(32-14-6-3-7-15-32)26-27-42(45)33-16-8-4-9-17-33/h3-26,28-29,42H,27H2,1-2H3. The molecule has 0 fully saturated rings. The zero-order chi connectivity index (χ0) is 30.3. The molecule has 1 unspecified atom stereocenters. The number of fused-ring (bicyclic) bond motifs is 2. The predicted octanol–water partition coefficient (Wildman–Crippen LogP) is 11.9. The lowest BCUT2D eigenvalue weighted by atomic mass is 9.85. The fourth-order valence-corrected chi connectivity index (χ4v) is 7.18. The molecule has 1 nitrogen and oxygen atoms in total. The lowest BCUT2D eigenvalue weighted by Crippen LogP contribution is -2.22. The first-order valence-corrected chi connectivity index (χ1v) is 15.9. The lowest BCUT2D eigenvalue weighted by Gasteiger charge is -2.31. The van der Waals surface area contributed by atoms with E-state index in [1.54, 1.807) is 0 Å². The predicted molar refractivity (Wildman–Crippen MR) is 192 cm³/mol. The van der Waals surface area contributed by atoms with Crippen molar-refractivity contribution < 1.29 is 0 Å². The van der Waals surface area contributed by atoms with E-state index in [1.807, 2.05) is 0 Å². The van der Waals surface area contributed by atoms with Crippen molar-refractivity contribution in [2.45, 2.75) is 26.3 Å². The largest absolute Gasteiger partial charge is 0.333 e. The number of hydrogen-bond acceptors (Lipinski definition) is 1. The Morgan fingerprint density at radius 2 is 1.04 bits per heavy atom. The second-order valence-electron chi connectivity index (χ2n) is 12.2. The summed E-state index contributed by atoms with van der Waals surface area (Å²) in [5.74, 6) is 0. The van der Waals surface area contributed by atoms with Gasteiger partial charge in [-0.2, -0.15) is 0 Å². The Kier molecular flexibility index (Phi) is 6.80. The van der Waals surface area contributed by atoms with Gasteiger partial charge in [-0.05, 0) is 98.5 Å². The van der Waals surface area contributed by atoms with Gasteiger partial charge >= 0.3 is 0 Å². The average molecular weight is 578 g/mol. The fourth-order valence-electron chi connectivity index (χ4n) is 7.18. The van der Waals surface area contributed by atoms with Gasteiger partial charge < -0.3 is 4.90 Å². The first-order valence-electron chi connectivity index (χ1n) is 15.9. The molecular weight excluding hydrogens is 542 g/mol. The van der Waals surface area contributed by atoms with E-state index in [0.29, 0.717) is 0 Å². The van der Waals surface area contributed by atoms with E-state index in [1.165, 1.54) is 77.4 Å². The number of anilines is 1. The maximum Gasteiger partial charge on any atom is 0.0626 e. The van der Waals surface area contributed by atoms with Crippen molar-refractivity contribution in [3.63, 3.8) is 0 Å². The van der Waals surface area contributed by atoms with Crippen molar-refractivity contribution in [2.75, 3.05) is 4.90 Å². The first kappa shape index (κ1) is 27.2. The van der Waals surface area contributed by atoms with Gasteiger partial charge in [0.15, 0.2) is 0 Å². The highest BCUT2D eigenvalue weighted by Gasteiger charge is 2.30. The quantitative estimate of drug-likeness (QED) is 0.184. The Balaban J connectivity index is 1.44. The number of benzene rings is 7. The third-order valence-electron chi connectivity index (χ3n) is 9.50. The number of rotatable bonds is 5. The topological polar surface area (TPSA) is 3.24 Å². The van der Waals surface area contributed by atoms with Crippen LogP contribution in [-0.2, 0) is 0 Å². The first-order chi connectivity index (χ1) is 22.2. The van der Waals surface area contributed by atoms with Gasteiger partial charge in [-0.3, -0.25) is 0 Å². The maximum atomic E-state index is 2.56. The molecule has 0 amide bonds. The molecule has 0 spiro atoms. The number of aryl methyl sites for hydroxylation is 2. The van der Waals surface area contributed by atoms with Crippen LogP contribution in [0.1, 0.15) is 34.7 Å². The molecule has 1 heterocycles. The molecule has 7 aromatic carbocycles. The second-order valence-corrected chi connectivity index (χ2v) is 12.2. The highest BCUT2D eigenvalue weighted by atomic mass is 15.2. The molecule has 216 valence electrons. The van der Waals surface area contributed by atoms with Crippen molar-refractivity contribution in [1.29, 1.82) is 0 Å². The van der Waals surface area contributed by atoms with Crippen molar-refractivity contribution >= 4 is 32.9 Å². The zero-order valence-corrected chi connectivity index (χ0v) is 25.7. The van der Waals surface area contributed by atoms with Crippen LogP contribution in [-0.4, -0.2) is 0 Å². The van der Waals surface area contributed by atoms with E-state index in [4.69, 9.17) is 0 Å². The van der Waals surface area contributed by atoms with Crippen LogP contribution in [0, 0.1) is 13.8 Å². The zero-order valence-electron chi connectivity index (χ0n) is 25.7. The van der Waals surface area contributed by atoms with E-state index < -0.39 is 0 Å². The smallest absolute Gasteiger partial charge is 0.0626 e. The van der Waals surface area contributed by atoms with Crippen LogP contribution in [0.15, 0.2) is 158 Å². The van der Waals surface area contributed by atoms with Crippen LogP contribution in [0.5, 0.6) is 0 Å². The fraction of sp³-hybridized carbons (Fsp3) is 0.0909. The van der Waals surface area contributed by atoms with Gasteiger partial charge in [0.05, 0.1) is 6.04 Å². The third-order valence-corrected chi connectivity index (χ3v) is 9.50. The van der Waals surface area contributed by atoms with Gasteiger partial charge in [0.1, 0.15) is 0 Å². The third kappa shape index (κ3) is 4.73. The molecule has 1 aliphatic heterocycles. The van der Waals surface area contributed by atoms with Gasteiger partial charge in [0, 0.05) is 11.4 Å². The van der Waals surface area contributed by atoms with Gasteiger partial charge in [-0.1, -0.05) is 146 Å². The summed E-state index contributed by atoms with van der Waals surface area (Å²) in [5, 5.41) is 5.12. The van der Waals surface area contributed by atoms with Gasteiger partial charge in [-0.15, -0.1) is 0 Å². The molecule has 1 heteroatoms. The van der Waals surface area contributed by atoms with Crippen molar-refractivity contribution in [1.82, 2.24) is 0 Å². The molecule has 1 aliphatic rings. The molecule has 0 radical (unpaired) electrons. The van der Waals surface area contributed by atoms with Crippen LogP contribution >= 0.6 is 0 Å². The summed E-state index contributed by atoms with van der Waals surface area (Å²) in [5.41, 5.74) is 12.8. The number of hydrogen-bond donors (Lipinski definition) is 0. The highest BCUT2D eigenvalue weighted by Crippen LogP contribution is 2.48. The minimum absolute atomic E-state index is 0.220. The molecule has 7 aromatic rings. The molecule has 0 bridgehead atoms. The summed E-state index contributed by atoms with van der Waals surface area (Å²) in [7, 11) is 0. The summed E-state index contributed by atoms with van der Waals surface area (Å²) < 4.78 is 0. The van der Waals surface area contributed by atoms with E-state index in [-0.39, 0.29) is 6.04 Å². The van der Waals surface area contributed by atoms with Gasteiger partial charge in [-0.25, -0.2) is 0 Å². The van der Waals surface area contributed by atoms with Crippen LogP contribution in [0.3, 0.4) is 0 Å². The lowest BCUT2D eigenvalue weighted by molar-refractivity contribution is 0.749. The van der Waals surface area contributed by atoms with Crippen LogP contribution in [0.2, 0.25) is 0 Å². The van der Waals surface area contributed by atoms with E-state index in [9.17, 15) is 0 Å². The second kappa shape index (κ2) is 11.3. The Hall–Kier alpha value is -5.40.